The van der Waals surface area contributed by atoms with Crippen LogP contribution in [0.2, 0.25) is 0 Å². The molecule has 4 heteroatoms. The van der Waals surface area contributed by atoms with Gasteiger partial charge in [0.1, 0.15) is 0 Å². The second-order valence-corrected chi connectivity index (χ2v) is 6.51. The number of pyridine rings is 1. The quantitative estimate of drug-likeness (QED) is 0.752. The molecule has 2 heterocycles. The monoisotopic (exact) mass is 297 g/mol. The van der Waals surface area contributed by atoms with Crippen LogP contribution in [0.3, 0.4) is 0 Å². The largest absolute Gasteiger partial charge is 0.478 e. The van der Waals surface area contributed by atoms with Crippen LogP contribution in [0, 0.1) is 20.8 Å². The SMILES string of the molecule is Cc1ccc(-c2cc(C(=O)O)c3cc(C)c(C)cc3n2)s1. The first kappa shape index (κ1) is 13.8. The van der Waals surface area contributed by atoms with E-state index in [4.69, 9.17) is 0 Å². The number of aryl methyl sites for hydroxylation is 3. The molecule has 1 N–H and O–H groups in total. The Labute approximate surface area is 126 Å². The summed E-state index contributed by atoms with van der Waals surface area (Å²) in [5.74, 6) is -0.916. The first-order valence-electron chi connectivity index (χ1n) is 6.68. The Morgan fingerprint density at radius 1 is 1.10 bits per heavy atom. The van der Waals surface area contributed by atoms with Gasteiger partial charge in [0.05, 0.1) is 21.7 Å². The van der Waals surface area contributed by atoms with Gasteiger partial charge in [0.2, 0.25) is 0 Å². The molecule has 0 aliphatic carbocycles. The molecule has 3 nitrogen and oxygen atoms in total. The molecule has 0 bridgehead atoms. The van der Waals surface area contributed by atoms with Crippen LogP contribution >= 0.6 is 11.3 Å². The van der Waals surface area contributed by atoms with Gasteiger partial charge in [0, 0.05) is 10.3 Å². The van der Waals surface area contributed by atoms with Gasteiger partial charge < -0.3 is 5.11 Å². The predicted molar refractivity (Wildman–Crippen MR) is 86.2 cm³/mol. The summed E-state index contributed by atoms with van der Waals surface area (Å²) < 4.78 is 0. The fraction of sp³-hybridized carbons (Fsp3) is 0.176. The summed E-state index contributed by atoms with van der Waals surface area (Å²) in [6.45, 7) is 6.02. The van der Waals surface area contributed by atoms with Gasteiger partial charge in [-0.25, -0.2) is 9.78 Å². The minimum atomic E-state index is -0.916. The molecule has 2 aromatic heterocycles. The maximum absolute atomic E-state index is 11.6. The van der Waals surface area contributed by atoms with E-state index in [0.717, 1.165) is 27.2 Å². The molecule has 3 rings (SSSR count). The maximum Gasteiger partial charge on any atom is 0.336 e. The second-order valence-electron chi connectivity index (χ2n) is 5.22. The molecule has 0 fully saturated rings. The lowest BCUT2D eigenvalue weighted by Crippen LogP contribution is -2.01. The van der Waals surface area contributed by atoms with E-state index in [9.17, 15) is 9.90 Å². The van der Waals surface area contributed by atoms with Crippen LogP contribution < -0.4 is 0 Å². The maximum atomic E-state index is 11.6. The normalized spacial score (nSPS) is 11.0. The van der Waals surface area contributed by atoms with E-state index in [-0.39, 0.29) is 0 Å². The highest BCUT2D eigenvalue weighted by Crippen LogP contribution is 2.30. The molecule has 0 saturated carbocycles. The number of aromatic nitrogens is 1. The van der Waals surface area contributed by atoms with E-state index in [1.165, 1.54) is 4.88 Å². The summed E-state index contributed by atoms with van der Waals surface area (Å²) in [6, 6.07) is 9.55. The Morgan fingerprint density at radius 3 is 2.43 bits per heavy atom. The molecule has 0 radical (unpaired) electrons. The van der Waals surface area contributed by atoms with Crippen LogP contribution in [0.25, 0.3) is 21.5 Å². The van der Waals surface area contributed by atoms with E-state index in [2.05, 4.69) is 4.98 Å². The van der Waals surface area contributed by atoms with Crippen LogP contribution in [-0.2, 0) is 0 Å². The Balaban J connectivity index is 2.34. The van der Waals surface area contributed by atoms with E-state index < -0.39 is 5.97 Å². The predicted octanol–water partition coefficient (Wildman–Crippen LogP) is 4.59. The van der Waals surface area contributed by atoms with Crippen LogP contribution in [-0.4, -0.2) is 16.1 Å². The van der Waals surface area contributed by atoms with Crippen LogP contribution in [0.5, 0.6) is 0 Å². The first-order chi connectivity index (χ1) is 9.95. The lowest BCUT2D eigenvalue weighted by atomic mass is 10.0. The van der Waals surface area contributed by atoms with E-state index >= 15 is 0 Å². The number of hydrogen-bond donors (Lipinski definition) is 1. The van der Waals surface area contributed by atoms with E-state index in [1.807, 2.05) is 45.0 Å². The number of hydrogen-bond acceptors (Lipinski definition) is 3. The number of carboxylic acid groups (broad SMARTS) is 1. The van der Waals surface area contributed by atoms with Crippen molar-refractivity contribution in [2.75, 3.05) is 0 Å². The summed E-state index contributed by atoms with van der Waals surface area (Å²) in [4.78, 5) is 18.4. The molecule has 0 aliphatic heterocycles. The smallest absolute Gasteiger partial charge is 0.336 e. The van der Waals surface area contributed by atoms with Crippen molar-refractivity contribution < 1.29 is 9.90 Å². The van der Waals surface area contributed by atoms with Crippen molar-refractivity contribution in [1.29, 1.82) is 0 Å². The highest BCUT2D eigenvalue weighted by molar-refractivity contribution is 7.15. The molecule has 1 aromatic carbocycles. The van der Waals surface area contributed by atoms with Crippen molar-refractivity contribution in [1.82, 2.24) is 4.98 Å². The van der Waals surface area contributed by atoms with Crippen molar-refractivity contribution in [3.05, 3.63) is 51.9 Å². The Kier molecular flexibility index (Phi) is 3.26. The molecular weight excluding hydrogens is 282 g/mol. The van der Waals surface area contributed by atoms with Gasteiger partial charge in [-0.3, -0.25) is 0 Å². The zero-order chi connectivity index (χ0) is 15.1. The van der Waals surface area contributed by atoms with Crippen molar-refractivity contribution in [2.24, 2.45) is 0 Å². The van der Waals surface area contributed by atoms with Crippen molar-refractivity contribution in [2.45, 2.75) is 20.8 Å². The van der Waals surface area contributed by atoms with E-state index in [0.29, 0.717) is 10.9 Å². The van der Waals surface area contributed by atoms with Crippen LogP contribution in [0.15, 0.2) is 30.3 Å². The fourth-order valence-corrected chi connectivity index (χ4v) is 3.19. The third-order valence-electron chi connectivity index (χ3n) is 3.65. The molecule has 0 saturated heterocycles. The summed E-state index contributed by atoms with van der Waals surface area (Å²) >= 11 is 1.62. The van der Waals surface area contributed by atoms with Gasteiger partial charge in [0.15, 0.2) is 0 Å². The highest BCUT2D eigenvalue weighted by Gasteiger charge is 2.14. The number of thiophene rings is 1. The van der Waals surface area contributed by atoms with Gasteiger partial charge >= 0.3 is 5.97 Å². The Bertz CT molecular complexity index is 865. The average molecular weight is 297 g/mol. The lowest BCUT2D eigenvalue weighted by Gasteiger charge is -2.08. The molecule has 0 unspecified atom stereocenters. The highest BCUT2D eigenvalue weighted by atomic mass is 32.1. The molecule has 0 amide bonds. The number of carbonyl (C=O) groups is 1. The molecule has 3 aromatic rings. The topological polar surface area (TPSA) is 50.2 Å². The minimum absolute atomic E-state index is 0.309. The number of aromatic carboxylic acids is 1. The van der Waals surface area contributed by atoms with Crippen molar-refractivity contribution in [3.63, 3.8) is 0 Å². The van der Waals surface area contributed by atoms with Crippen molar-refractivity contribution >= 4 is 28.2 Å². The molecule has 106 valence electrons. The fourth-order valence-electron chi connectivity index (χ4n) is 2.36. The zero-order valence-corrected chi connectivity index (χ0v) is 12.9. The summed E-state index contributed by atoms with van der Waals surface area (Å²) in [5.41, 5.74) is 3.96. The zero-order valence-electron chi connectivity index (χ0n) is 12.1. The van der Waals surface area contributed by atoms with Gasteiger partial charge in [-0.2, -0.15) is 0 Å². The average Bonchev–Trinajstić information content (AvgIpc) is 2.85. The number of fused-ring (bicyclic) bond motifs is 1. The molecule has 21 heavy (non-hydrogen) atoms. The summed E-state index contributed by atoms with van der Waals surface area (Å²) in [5, 5.41) is 10.2. The standard InChI is InChI=1S/C17H15NO2S/c1-9-6-12-13(17(19)20)8-15(16-5-4-11(3)21-16)18-14(12)7-10(9)2/h4-8H,1-3H3,(H,19,20). The third kappa shape index (κ3) is 2.43. The molecule has 0 atom stereocenters. The Morgan fingerprint density at radius 2 is 1.81 bits per heavy atom. The Hall–Kier alpha value is -2.20. The van der Waals surface area contributed by atoms with Gasteiger partial charge in [-0.05, 0) is 62.2 Å². The molecule has 0 spiro atoms. The summed E-state index contributed by atoms with van der Waals surface area (Å²) in [7, 11) is 0. The molecular formula is C17H15NO2S. The van der Waals surface area contributed by atoms with Gasteiger partial charge in [-0.1, -0.05) is 0 Å². The van der Waals surface area contributed by atoms with Crippen LogP contribution in [0.1, 0.15) is 26.4 Å². The number of nitrogens with zero attached hydrogens (tertiary/aromatic N) is 1. The van der Waals surface area contributed by atoms with Gasteiger partial charge in [0.25, 0.3) is 0 Å². The van der Waals surface area contributed by atoms with Crippen molar-refractivity contribution in [3.8, 4) is 10.6 Å². The third-order valence-corrected chi connectivity index (χ3v) is 4.67. The number of carboxylic acids is 1. The minimum Gasteiger partial charge on any atom is -0.478 e. The van der Waals surface area contributed by atoms with Gasteiger partial charge in [-0.15, -0.1) is 11.3 Å². The first-order valence-corrected chi connectivity index (χ1v) is 7.49. The molecule has 0 aliphatic rings. The number of benzene rings is 1. The second kappa shape index (κ2) is 4.97. The summed E-state index contributed by atoms with van der Waals surface area (Å²) in [6.07, 6.45) is 0. The number of rotatable bonds is 2. The van der Waals surface area contributed by atoms with Crippen LogP contribution in [0.4, 0.5) is 0 Å². The lowest BCUT2D eigenvalue weighted by molar-refractivity contribution is 0.0699. The van der Waals surface area contributed by atoms with E-state index in [1.54, 1.807) is 17.4 Å².